The molecule has 23 heavy (non-hydrogen) atoms. The van der Waals surface area contributed by atoms with Gasteiger partial charge in [-0.1, -0.05) is 12.1 Å². The van der Waals surface area contributed by atoms with Crippen LogP contribution in [0.2, 0.25) is 0 Å². The number of anilines is 1. The van der Waals surface area contributed by atoms with Gasteiger partial charge in [-0.2, -0.15) is 5.10 Å². The first-order valence-electron chi connectivity index (χ1n) is 7.58. The molecule has 0 saturated heterocycles. The van der Waals surface area contributed by atoms with E-state index in [0.717, 1.165) is 34.4 Å². The Balaban J connectivity index is 1.74. The Bertz CT molecular complexity index is 839. The summed E-state index contributed by atoms with van der Waals surface area (Å²) in [7, 11) is 1.62. The summed E-state index contributed by atoms with van der Waals surface area (Å²) in [6, 6.07) is 13.3. The fourth-order valence-electron chi connectivity index (χ4n) is 2.57. The minimum Gasteiger partial charge on any atom is -0.497 e. The van der Waals surface area contributed by atoms with E-state index in [2.05, 4.69) is 10.4 Å². The third kappa shape index (κ3) is 3.34. The number of aryl methyl sites for hydroxylation is 1. The van der Waals surface area contributed by atoms with Crippen molar-refractivity contribution in [1.82, 2.24) is 9.78 Å². The van der Waals surface area contributed by atoms with Crippen LogP contribution in [0.5, 0.6) is 5.75 Å². The molecule has 0 spiro atoms. The topological polar surface area (TPSA) is 56.2 Å². The van der Waals surface area contributed by atoms with Gasteiger partial charge in [-0.3, -0.25) is 9.48 Å². The maximum atomic E-state index is 12.2. The first-order valence-corrected chi connectivity index (χ1v) is 7.58. The summed E-state index contributed by atoms with van der Waals surface area (Å²) >= 11 is 0. The van der Waals surface area contributed by atoms with E-state index in [1.807, 2.05) is 60.3 Å². The van der Waals surface area contributed by atoms with Gasteiger partial charge in [-0.15, -0.1) is 0 Å². The van der Waals surface area contributed by atoms with Crippen LogP contribution in [0.15, 0.2) is 48.7 Å². The number of ether oxygens (including phenoxy) is 1. The van der Waals surface area contributed by atoms with Gasteiger partial charge in [0.05, 0.1) is 25.2 Å². The van der Waals surface area contributed by atoms with Crippen LogP contribution in [0.1, 0.15) is 12.5 Å². The average molecular weight is 309 g/mol. The molecule has 5 nitrogen and oxygen atoms in total. The lowest BCUT2D eigenvalue weighted by atomic mass is 10.1. The van der Waals surface area contributed by atoms with Crippen molar-refractivity contribution in [2.75, 3.05) is 12.4 Å². The van der Waals surface area contributed by atoms with Crippen molar-refractivity contribution in [3.05, 3.63) is 54.2 Å². The van der Waals surface area contributed by atoms with Crippen LogP contribution in [0, 0.1) is 0 Å². The van der Waals surface area contributed by atoms with Gasteiger partial charge in [0.15, 0.2) is 0 Å². The second-order valence-corrected chi connectivity index (χ2v) is 5.31. The van der Waals surface area contributed by atoms with Crippen molar-refractivity contribution in [1.29, 1.82) is 0 Å². The number of benzene rings is 2. The molecule has 5 heteroatoms. The highest BCUT2D eigenvalue weighted by molar-refractivity contribution is 5.94. The van der Waals surface area contributed by atoms with Crippen LogP contribution in [-0.2, 0) is 17.8 Å². The monoisotopic (exact) mass is 309 g/mol. The number of carbonyl (C=O) groups is 1. The quantitative estimate of drug-likeness (QED) is 0.787. The van der Waals surface area contributed by atoms with Crippen LogP contribution < -0.4 is 10.1 Å². The van der Waals surface area contributed by atoms with E-state index < -0.39 is 0 Å². The normalized spacial score (nSPS) is 10.7. The Morgan fingerprint density at radius 1 is 1.26 bits per heavy atom. The second kappa shape index (κ2) is 6.52. The Morgan fingerprint density at radius 3 is 2.91 bits per heavy atom. The van der Waals surface area contributed by atoms with Crippen LogP contribution in [0.25, 0.3) is 10.9 Å². The lowest BCUT2D eigenvalue weighted by Gasteiger charge is -2.07. The van der Waals surface area contributed by atoms with Gasteiger partial charge in [-0.05, 0) is 42.8 Å². The van der Waals surface area contributed by atoms with Crippen LogP contribution >= 0.6 is 0 Å². The number of amides is 1. The molecule has 0 aliphatic rings. The van der Waals surface area contributed by atoms with Crippen molar-refractivity contribution < 1.29 is 9.53 Å². The highest BCUT2D eigenvalue weighted by atomic mass is 16.5. The lowest BCUT2D eigenvalue weighted by molar-refractivity contribution is -0.115. The van der Waals surface area contributed by atoms with Gasteiger partial charge < -0.3 is 10.1 Å². The maximum absolute atomic E-state index is 12.2. The molecule has 0 atom stereocenters. The molecule has 0 fully saturated rings. The van der Waals surface area contributed by atoms with Crippen LogP contribution in [0.4, 0.5) is 5.69 Å². The standard InChI is InChI=1S/C18H19N3O2/c1-3-21-17-11-15(8-7-14(17)12-19-21)20-18(22)10-13-5-4-6-16(9-13)23-2/h4-9,11-12H,3,10H2,1-2H3,(H,20,22). The number of nitrogens with zero attached hydrogens (tertiary/aromatic N) is 2. The van der Waals surface area contributed by atoms with Gasteiger partial charge in [-0.25, -0.2) is 0 Å². The van der Waals surface area contributed by atoms with E-state index in [9.17, 15) is 4.79 Å². The smallest absolute Gasteiger partial charge is 0.228 e. The van der Waals surface area contributed by atoms with E-state index in [0.29, 0.717) is 6.42 Å². The summed E-state index contributed by atoms with van der Waals surface area (Å²) in [6.45, 7) is 2.84. The molecule has 1 amide bonds. The number of fused-ring (bicyclic) bond motifs is 1. The summed E-state index contributed by atoms with van der Waals surface area (Å²) in [4.78, 5) is 12.2. The number of rotatable bonds is 5. The minimum atomic E-state index is -0.0554. The molecular formula is C18H19N3O2. The van der Waals surface area contributed by atoms with Crippen molar-refractivity contribution in [2.24, 2.45) is 0 Å². The summed E-state index contributed by atoms with van der Waals surface area (Å²) in [6.07, 6.45) is 2.14. The molecule has 0 radical (unpaired) electrons. The minimum absolute atomic E-state index is 0.0554. The number of aromatic nitrogens is 2. The summed E-state index contributed by atoms with van der Waals surface area (Å²) in [5.41, 5.74) is 2.72. The third-order valence-electron chi connectivity index (χ3n) is 3.73. The molecule has 118 valence electrons. The Morgan fingerprint density at radius 2 is 2.13 bits per heavy atom. The zero-order valence-corrected chi connectivity index (χ0v) is 13.2. The zero-order chi connectivity index (χ0) is 16.2. The molecule has 3 aromatic rings. The summed E-state index contributed by atoms with van der Waals surface area (Å²) < 4.78 is 7.09. The molecular weight excluding hydrogens is 290 g/mol. The number of nitrogens with one attached hydrogen (secondary N) is 1. The Kier molecular flexibility index (Phi) is 4.28. The number of methoxy groups -OCH3 is 1. The molecule has 0 aliphatic carbocycles. The SMILES string of the molecule is CCn1ncc2ccc(NC(=O)Cc3cccc(OC)c3)cc21. The number of hydrogen-bond acceptors (Lipinski definition) is 3. The van der Waals surface area contributed by atoms with Crippen molar-refractivity contribution in [2.45, 2.75) is 19.9 Å². The maximum Gasteiger partial charge on any atom is 0.228 e. The Hall–Kier alpha value is -2.82. The first-order chi connectivity index (χ1) is 11.2. The number of carbonyl (C=O) groups excluding carboxylic acids is 1. The van der Waals surface area contributed by atoms with Gasteiger partial charge in [0, 0.05) is 17.6 Å². The summed E-state index contributed by atoms with van der Waals surface area (Å²) in [5.74, 6) is 0.698. The molecule has 0 bridgehead atoms. The van der Waals surface area contributed by atoms with E-state index in [-0.39, 0.29) is 5.91 Å². The van der Waals surface area contributed by atoms with Crippen molar-refractivity contribution in [3.63, 3.8) is 0 Å². The molecule has 1 heterocycles. The zero-order valence-electron chi connectivity index (χ0n) is 13.2. The van der Waals surface area contributed by atoms with E-state index in [4.69, 9.17) is 4.74 Å². The lowest BCUT2D eigenvalue weighted by Crippen LogP contribution is -2.14. The third-order valence-corrected chi connectivity index (χ3v) is 3.73. The van der Waals surface area contributed by atoms with Crippen molar-refractivity contribution >= 4 is 22.5 Å². The molecule has 0 unspecified atom stereocenters. The van der Waals surface area contributed by atoms with Gasteiger partial charge in [0.25, 0.3) is 0 Å². The predicted molar refractivity (Wildman–Crippen MR) is 90.7 cm³/mol. The largest absolute Gasteiger partial charge is 0.497 e. The molecule has 3 rings (SSSR count). The van der Waals surface area contributed by atoms with E-state index in [1.54, 1.807) is 7.11 Å². The van der Waals surface area contributed by atoms with Gasteiger partial charge in [0.1, 0.15) is 5.75 Å². The molecule has 2 aromatic carbocycles. The highest BCUT2D eigenvalue weighted by Crippen LogP contribution is 2.19. The van der Waals surface area contributed by atoms with Gasteiger partial charge in [0.2, 0.25) is 5.91 Å². The van der Waals surface area contributed by atoms with Crippen LogP contribution in [0.3, 0.4) is 0 Å². The molecule has 1 aromatic heterocycles. The van der Waals surface area contributed by atoms with E-state index >= 15 is 0 Å². The second-order valence-electron chi connectivity index (χ2n) is 5.31. The summed E-state index contributed by atoms with van der Waals surface area (Å²) in [5, 5.41) is 8.32. The first kappa shape index (κ1) is 15.1. The Labute approximate surface area is 134 Å². The fraction of sp³-hybridized carbons (Fsp3) is 0.222. The number of hydrogen-bond donors (Lipinski definition) is 1. The van der Waals surface area contributed by atoms with Crippen LogP contribution in [-0.4, -0.2) is 22.8 Å². The average Bonchev–Trinajstić information content (AvgIpc) is 2.97. The fourth-order valence-corrected chi connectivity index (χ4v) is 2.57. The molecule has 0 saturated carbocycles. The molecule has 1 N–H and O–H groups in total. The highest BCUT2D eigenvalue weighted by Gasteiger charge is 2.07. The van der Waals surface area contributed by atoms with Crippen molar-refractivity contribution in [3.8, 4) is 5.75 Å². The van der Waals surface area contributed by atoms with Gasteiger partial charge >= 0.3 is 0 Å². The predicted octanol–water partition coefficient (Wildman–Crippen LogP) is 3.25. The molecule has 0 aliphatic heterocycles. The van der Waals surface area contributed by atoms with E-state index in [1.165, 1.54) is 0 Å².